The van der Waals surface area contributed by atoms with Gasteiger partial charge in [-0.15, -0.1) is 0 Å². The predicted octanol–water partition coefficient (Wildman–Crippen LogP) is 0.959. The summed E-state index contributed by atoms with van der Waals surface area (Å²) in [6, 6.07) is 3.20. The molecular weight excluding hydrogens is 216 g/mol. The van der Waals surface area contributed by atoms with Crippen LogP contribution in [-0.4, -0.2) is 23.1 Å². The molecule has 1 aromatic rings. The third-order valence-corrected chi connectivity index (χ3v) is 1.84. The third kappa shape index (κ3) is 1.90. The van der Waals surface area contributed by atoms with Gasteiger partial charge in [0, 0.05) is 12.1 Å². The first kappa shape index (κ1) is 11.5. The zero-order chi connectivity index (χ0) is 12.3. The minimum Gasteiger partial charge on any atom is -0.507 e. The van der Waals surface area contributed by atoms with Crippen molar-refractivity contribution in [3.05, 3.63) is 33.4 Å². The minimum absolute atomic E-state index is 0.324. The Morgan fingerprint density at radius 3 is 2.69 bits per heavy atom. The number of hydrogen-bond donors (Lipinski definition) is 1. The molecule has 0 bridgehead atoms. The molecule has 0 aliphatic heterocycles. The normalized spacial score (nSPS) is 9.25. The number of phenolic OH excluding ortho intramolecular Hbond substituents is 1. The standard InChI is InChI=1S/C9H6N2O5/c1-16-9(13)6-3-7(11(14)15)5(4-10)2-8(6)12/h2-3,12H,1H3. The van der Waals surface area contributed by atoms with E-state index >= 15 is 0 Å². The molecule has 0 heterocycles. The fourth-order valence-corrected chi connectivity index (χ4v) is 1.09. The average Bonchev–Trinajstić information content (AvgIpc) is 2.27. The maximum atomic E-state index is 11.1. The van der Waals surface area contributed by atoms with Gasteiger partial charge < -0.3 is 9.84 Å². The van der Waals surface area contributed by atoms with Gasteiger partial charge >= 0.3 is 5.97 Å². The number of benzene rings is 1. The summed E-state index contributed by atoms with van der Waals surface area (Å²) in [4.78, 5) is 20.9. The lowest BCUT2D eigenvalue weighted by Crippen LogP contribution is -2.03. The third-order valence-electron chi connectivity index (χ3n) is 1.84. The van der Waals surface area contributed by atoms with Crippen LogP contribution < -0.4 is 0 Å². The van der Waals surface area contributed by atoms with Crippen LogP contribution in [0.15, 0.2) is 12.1 Å². The Bertz CT molecular complexity index is 503. The first-order chi connectivity index (χ1) is 7.51. The number of carbonyl (C=O) groups is 1. The molecule has 0 aliphatic rings. The second kappa shape index (κ2) is 4.27. The number of ether oxygens (including phenoxy) is 1. The topological polar surface area (TPSA) is 113 Å². The summed E-state index contributed by atoms with van der Waals surface area (Å²) in [6.07, 6.45) is 0. The molecular formula is C9H6N2O5. The van der Waals surface area contributed by atoms with E-state index in [-0.39, 0.29) is 11.1 Å². The number of phenols is 1. The van der Waals surface area contributed by atoms with Crippen molar-refractivity contribution in [2.45, 2.75) is 0 Å². The van der Waals surface area contributed by atoms with Gasteiger partial charge in [-0.2, -0.15) is 5.26 Å². The summed E-state index contributed by atoms with van der Waals surface area (Å²) in [7, 11) is 1.08. The van der Waals surface area contributed by atoms with E-state index < -0.39 is 22.3 Å². The lowest BCUT2D eigenvalue weighted by atomic mass is 10.1. The van der Waals surface area contributed by atoms with Crippen molar-refractivity contribution in [1.29, 1.82) is 5.26 Å². The van der Waals surface area contributed by atoms with Crippen LogP contribution in [-0.2, 0) is 4.74 Å². The number of nitrogens with zero attached hydrogens (tertiary/aromatic N) is 2. The molecule has 0 amide bonds. The van der Waals surface area contributed by atoms with Gasteiger partial charge in [-0.05, 0) is 0 Å². The zero-order valence-corrected chi connectivity index (χ0v) is 8.13. The smallest absolute Gasteiger partial charge is 0.341 e. The van der Waals surface area contributed by atoms with Crippen LogP contribution in [0.1, 0.15) is 15.9 Å². The molecule has 0 spiro atoms. The number of rotatable bonds is 2. The van der Waals surface area contributed by atoms with E-state index in [1.54, 1.807) is 6.07 Å². The van der Waals surface area contributed by atoms with Gasteiger partial charge in [-0.25, -0.2) is 4.79 Å². The van der Waals surface area contributed by atoms with Crippen LogP contribution in [0.4, 0.5) is 5.69 Å². The number of hydrogen-bond acceptors (Lipinski definition) is 6. The van der Waals surface area contributed by atoms with Crippen molar-refractivity contribution in [2.24, 2.45) is 0 Å². The van der Waals surface area contributed by atoms with Crippen molar-refractivity contribution in [1.82, 2.24) is 0 Å². The van der Waals surface area contributed by atoms with Gasteiger partial charge in [0.2, 0.25) is 0 Å². The molecule has 0 saturated heterocycles. The number of nitro benzene ring substituents is 1. The Balaban J connectivity index is 3.46. The van der Waals surface area contributed by atoms with Gasteiger partial charge in [-0.3, -0.25) is 10.1 Å². The minimum atomic E-state index is -0.912. The fraction of sp³-hybridized carbons (Fsp3) is 0.111. The van der Waals surface area contributed by atoms with Crippen LogP contribution in [0, 0.1) is 21.4 Å². The second-order valence-corrected chi connectivity index (χ2v) is 2.75. The van der Waals surface area contributed by atoms with Crippen molar-refractivity contribution >= 4 is 11.7 Å². The highest BCUT2D eigenvalue weighted by molar-refractivity contribution is 5.93. The fourth-order valence-electron chi connectivity index (χ4n) is 1.09. The van der Waals surface area contributed by atoms with Crippen LogP contribution in [0.2, 0.25) is 0 Å². The van der Waals surface area contributed by atoms with Gasteiger partial charge in [0.25, 0.3) is 5.69 Å². The second-order valence-electron chi connectivity index (χ2n) is 2.75. The molecule has 82 valence electrons. The average molecular weight is 222 g/mol. The van der Waals surface area contributed by atoms with Crippen LogP contribution in [0.25, 0.3) is 0 Å². The van der Waals surface area contributed by atoms with Crippen molar-refractivity contribution in [3.63, 3.8) is 0 Å². The maximum Gasteiger partial charge on any atom is 0.341 e. The molecule has 0 saturated carbocycles. The molecule has 0 unspecified atom stereocenters. The molecule has 0 atom stereocenters. The summed E-state index contributed by atoms with van der Waals surface area (Å²) in [5.74, 6) is -1.45. The molecule has 0 fully saturated rings. The van der Waals surface area contributed by atoms with E-state index in [4.69, 9.17) is 5.26 Å². The lowest BCUT2D eigenvalue weighted by molar-refractivity contribution is -0.385. The number of carbonyl (C=O) groups excluding carboxylic acids is 1. The number of esters is 1. The molecule has 1 rings (SSSR count). The summed E-state index contributed by atoms with van der Waals surface area (Å²) in [5.41, 5.74) is -1.23. The molecule has 7 heteroatoms. The van der Waals surface area contributed by atoms with E-state index in [0.29, 0.717) is 0 Å². The largest absolute Gasteiger partial charge is 0.507 e. The molecule has 7 nitrogen and oxygen atoms in total. The van der Waals surface area contributed by atoms with E-state index in [1.165, 1.54) is 0 Å². The van der Waals surface area contributed by atoms with Crippen molar-refractivity contribution < 1.29 is 19.6 Å². The summed E-state index contributed by atoms with van der Waals surface area (Å²) >= 11 is 0. The highest BCUT2D eigenvalue weighted by Crippen LogP contribution is 2.27. The Morgan fingerprint density at radius 1 is 1.62 bits per heavy atom. The van der Waals surface area contributed by atoms with E-state index in [0.717, 1.165) is 19.2 Å². The van der Waals surface area contributed by atoms with Crippen molar-refractivity contribution in [2.75, 3.05) is 7.11 Å². The van der Waals surface area contributed by atoms with E-state index in [9.17, 15) is 20.0 Å². The van der Waals surface area contributed by atoms with Crippen LogP contribution in [0.3, 0.4) is 0 Å². The first-order valence-corrected chi connectivity index (χ1v) is 4.01. The Hall–Kier alpha value is -2.62. The number of methoxy groups -OCH3 is 1. The SMILES string of the molecule is COC(=O)c1cc([N+](=O)[O-])c(C#N)cc1O. The lowest BCUT2D eigenvalue weighted by Gasteiger charge is -2.03. The van der Waals surface area contributed by atoms with Crippen LogP contribution >= 0.6 is 0 Å². The predicted molar refractivity (Wildman–Crippen MR) is 50.8 cm³/mol. The highest BCUT2D eigenvalue weighted by Gasteiger charge is 2.21. The van der Waals surface area contributed by atoms with E-state index in [1.807, 2.05) is 0 Å². The number of nitriles is 1. The molecule has 0 aromatic heterocycles. The quantitative estimate of drug-likeness (QED) is 0.452. The van der Waals surface area contributed by atoms with Gasteiger partial charge in [-0.1, -0.05) is 0 Å². The van der Waals surface area contributed by atoms with Gasteiger partial charge in [0.1, 0.15) is 22.9 Å². The Kier molecular flexibility index (Phi) is 3.06. The van der Waals surface area contributed by atoms with Crippen molar-refractivity contribution in [3.8, 4) is 11.8 Å². The zero-order valence-electron chi connectivity index (χ0n) is 8.13. The maximum absolute atomic E-state index is 11.1. The van der Waals surface area contributed by atoms with Gasteiger partial charge in [0.15, 0.2) is 0 Å². The summed E-state index contributed by atoms with van der Waals surface area (Å²) in [6.45, 7) is 0. The van der Waals surface area contributed by atoms with Gasteiger partial charge in [0.05, 0.1) is 12.0 Å². The number of aromatic hydroxyl groups is 1. The molecule has 1 aromatic carbocycles. The first-order valence-electron chi connectivity index (χ1n) is 4.01. The molecule has 0 aliphatic carbocycles. The summed E-state index contributed by atoms with van der Waals surface area (Å²) in [5, 5.41) is 28.5. The van der Waals surface area contributed by atoms with Crippen LogP contribution in [0.5, 0.6) is 5.75 Å². The molecule has 1 N–H and O–H groups in total. The Morgan fingerprint density at radius 2 is 2.25 bits per heavy atom. The highest BCUT2D eigenvalue weighted by atomic mass is 16.6. The number of nitro groups is 1. The van der Waals surface area contributed by atoms with E-state index in [2.05, 4.69) is 4.74 Å². The molecule has 16 heavy (non-hydrogen) atoms. The molecule has 0 radical (unpaired) electrons. The Labute approximate surface area is 89.6 Å². The summed E-state index contributed by atoms with van der Waals surface area (Å²) < 4.78 is 4.32. The monoisotopic (exact) mass is 222 g/mol.